The second kappa shape index (κ2) is 12.7. The number of hydrogen-bond acceptors (Lipinski definition) is 9. The zero-order valence-electron chi connectivity index (χ0n) is 25.3. The maximum absolute atomic E-state index is 14.4. The van der Waals surface area contributed by atoms with E-state index in [1.54, 1.807) is 25.1 Å². The van der Waals surface area contributed by atoms with E-state index in [0.717, 1.165) is 10.3 Å². The van der Waals surface area contributed by atoms with Crippen molar-refractivity contribution in [2.45, 2.75) is 61.0 Å². The molecule has 4 atom stereocenters. The number of likely N-dealkylation sites (tertiary alicyclic amines) is 1. The fourth-order valence-corrected chi connectivity index (χ4v) is 8.54. The van der Waals surface area contributed by atoms with Crippen LogP contribution in [0.15, 0.2) is 66.0 Å². The fraction of sp³-hybridized carbons (Fsp3) is 0.419. The molecule has 1 saturated heterocycles. The molecule has 46 heavy (non-hydrogen) atoms. The summed E-state index contributed by atoms with van der Waals surface area (Å²) < 4.78 is 31.6. The van der Waals surface area contributed by atoms with Crippen molar-refractivity contribution in [1.82, 2.24) is 24.9 Å². The number of ketones is 1. The van der Waals surface area contributed by atoms with Crippen molar-refractivity contribution in [3.63, 3.8) is 0 Å². The number of carbonyl (C=O) groups is 4. The third-order valence-electron chi connectivity index (χ3n) is 9.24. The van der Waals surface area contributed by atoms with E-state index >= 15 is 0 Å². The van der Waals surface area contributed by atoms with Crippen molar-refractivity contribution in [2.75, 3.05) is 13.1 Å². The minimum atomic E-state index is -4.49. The molecule has 1 saturated carbocycles. The zero-order valence-corrected chi connectivity index (χ0v) is 26.1. The van der Waals surface area contributed by atoms with Crippen molar-refractivity contribution in [3.8, 4) is 0 Å². The fourth-order valence-electron chi connectivity index (χ4n) is 6.95. The van der Waals surface area contributed by atoms with Crippen molar-refractivity contribution < 1.29 is 32.7 Å². The van der Waals surface area contributed by atoms with Gasteiger partial charge in [-0.3, -0.25) is 24.3 Å². The van der Waals surface area contributed by atoms with E-state index in [9.17, 15) is 32.7 Å². The molecule has 3 amide bonds. The highest BCUT2D eigenvalue weighted by atomic mass is 32.2. The maximum Gasteiger partial charge on any atom is 0.408 e. The molecule has 1 aliphatic carbocycles. The first-order valence-corrected chi connectivity index (χ1v) is 16.5. The summed E-state index contributed by atoms with van der Waals surface area (Å²) in [6, 6.07) is 10.5. The highest BCUT2D eigenvalue weighted by Crippen LogP contribution is 2.56. The normalized spacial score (nSPS) is 23.9. The van der Waals surface area contributed by atoms with Crippen molar-refractivity contribution >= 4 is 44.5 Å². The summed E-state index contributed by atoms with van der Waals surface area (Å²) in [5.41, 5.74) is 8.40. The van der Waals surface area contributed by atoms with Crippen LogP contribution in [0.5, 0.6) is 0 Å². The number of nitrogens with one attached hydrogen (secondary N) is 2. The van der Waals surface area contributed by atoms with Crippen LogP contribution in [-0.4, -0.2) is 82.3 Å². The molecule has 2 aromatic carbocycles. The molecule has 15 heteroatoms. The smallest absolute Gasteiger partial charge is 0.408 e. The molecular formula is C31H37N7O7S. The number of nitrogens with zero attached hydrogens (tertiary/aromatic N) is 3. The monoisotopic (exact) mass is 651 g/mol. The number of amides is 3. The topological polar surface area (TPSA) is 228 Å². The van der Waals surface area contributed by atoms with E-state index in [1.165, 1.54) is 30.7 Å². The highest BCUT2D eigenvalue weighted by Gasteiger charge is 2.72. The summed E-state index contributed by atoms with van der Waals surface area (Å²) >= 11 is 0. The van der Waals surface area contributed by atoms with Crippen LogP contribution < -0.4 is 21.5 Å². The molecule has 7 N–H and O–H groups in total. The molecule has 1 aromatic heterocycles. The number of fused-ring (bicyclic) bond motifs is 1. The average Bonchev–Trinajstić information content (AvgIpc) is 3.90. The standard InChI is InChI=1S/C31H37N7O7S/c1-2-26(39)36-18-30(28(33)41)31(21-8-9-21,37-46(44,45)23-10-7-19-5-3-4-6-20(19)15-23)22(11-14-38(30)29(42)43)16-24(32)27(40)25-17-34-12-13-35-25/h3-7,10,12-13,15,17,21-22,24,37H,2,8-9,11,14,16,18,32H2,1H3,(H2,33,41)(H,36,39)(H,42,43)/t22?,24?,30-,31+/m1/s1. The molecule has 0 spiro atoms. The molecule has 0 bridgehead atoms. The Morgan fingerprint density at radius 2 is 1.80 bits per heavy atom. The third kappa shape index (κ3) is 5.81. The third-order valence-corrected chi connectivity index (χ3v) is 10.7. The molecule has 2 fully saturated rings. The molecular weight excluding hydrogens is 614 g/mol. The lowest BCUT2D eigenvalue weighted by Crippen LogP contribution is -2.85. The molecule has 0 radical (unpaired) electrons. The minimum absolute atomic E-state index is 0.00288. The van der Waals surface area contributed by atoms with Gasteiger partial charge in [-0.05, 0) is 60.4 Å². The van der Waals surface area contributed by atoms with Crippen molar-refractivity contribution in [3.05, 3.63) is 66.7 Å². The Morgan fingerprint density at radius 3 is 2.41 bits per heavy atom. The molecule has 3 aromatic rings. The van der Waals surface area contributed by atoms with Gasteiger partial charge in [0.1, 0.15) is 5.69 Å². The van der Waals surface area contributed by atoms with Gasteiger partial charge in [0.25, 0.3) is 0 Å². The van der Waals surface area contributed by atoms with Gasteiger partial charge in [0, 0.05) is 25.4 Å². The molecule has 2 aliphatic rings. The number of nitrogens with two attached hydrogens (primary N) is 2. The van der Waals surface area contributed by atoms with Gasteiger partial charge in [0.15, 0.2) is 11.3 Å². The van der Waals surface area contributed by atoms with Crippen LogP contribution in [-0.2, 0) is 19.6 Å². The van der Waals surface area contributed by atoms with E-state index in [4.69, 9.17) is 11.5 Å². The Hall–Kier alpha value is -4.47. The van der Waals surface area contributed by atoms with Gasteiger partial charge in [-0.1, -0.05) is 37.3 Å². The second-order valence-corrected chi connectivity index (χ2v) is 13.5. The number of hydrogen-bond donors (Lipinski definition) is 5. The predicted molar refractivity (Wildman–Crippen MR) is 167 cm³/mol. The van der Waals surface area contributed by atoms with Gasteiger partial charge in [0.05, 0.1) is 29.2 Å². The van der Waals surface area contributed by atoms with Crippen LogP contribution in [0.25, 0.3) is 10.8 Å². The Morgan fingerprint density at radius 1 is 1.09 bits per heavy atom. The van der Waals surface area contributed by atoms with E-state index in [2.05, 4.69) is 20.0 Å². The van der Waals surface area contributed by atoms with E-state index in [1.807, 2.05) is 12.1 Å². The van der Waals surface area contributed by atoms with Crippen LogP contribution in [0.3, 0.4) is 0 Å². The number of sulfonamides is 1. The number of Topliss-reactive ketones (excluding diaryl/α,β-unsaturated/α-hetero) is 1. The first-order valence-electron chi connectivity index (χ1n) is 15.0. The Balaban J connectivity index is 1.70. The van der Waals surface area contributed by atoms with Crippen LogP contribution in [0, 0.1) is 11.8 Å². The quantitative estimate of drug-likeness (QED) is 0.177. The maximum atomic E-state index is 14.4. The van der Waals surface area contributed by atoms with Crippen molar-refractivity contribution in [1.29, 1.82) is 0 Å². The second-order valence-electron chi connectivity index (χ2n) is 11.8. The molecule has 2 heterocycles. The summed E-state index contributed by atoms with van der Waals surface area (Å²) in [6.45, 7) is 0.754. The lowest BCUT2D eigenvalue weighted by Gasteiger charge is -2.60. The summed E-state index contributed by atoms with van der Waals surface area (Å²) in [5, 5.41) is 14.5. The Bertz CT molecular complexity index is 1770. The van der Waals surface area contributed by atoms with Crippen LogP contribution in [0.4, 0.5) is 4.79 Å². The first-order chi connectivity index (χ1) is 21.9. The Kier molecular flexibility index (Phi) is 9.11. The number of carbonyl (C=O) groups excluding carboxylic acids is 3. The molecule has 5 rings (SSSR count). The molecule has 14 nitrogen and oxygen atoms in total. The number of carboxylic acid groups (broad SMARTS) is 1. The SMILES string of the molecule is CCC(=O)NC[C@]1(C(N)=O)N(C(=O)O)CCC(CC(N)C(=O)c2cnccn2)[C@@]1(NS(=O)(=O)c1ccc2ccccc2c1)C1CC1. The van der Waals surface area contributed by atoms with Gasteiger partial charge in [-0.15, -0.1) is 0 Å². The van der Waals surface area contributed by atoms with Crippen LogP contribution >= 0.6 is 0 Å². The lowest BCUT2D eigenvalue weighted by molar-refractivity contribution is -0.145. The summed E-state index contributed by atoms with van der Waals surface area (Å²) in [7, 11) is -4.49. The number of benzene rings is 2. The minimum Gasteiger partial charge on any atom is -0.465 e. The molecule has 2 unspecified atom stereocenters. The van der Waals surface area contributed by atoms with E-state index in [-0.39, 0.29) is 36.4 Å². The van der Waals surface area contributed by atoms with Gasteiger partial charge in [0.2, 0.25) is 21.8 Å². The van der Waals surface area contributed by atoms with Crippen molar-refractivity contribution in [2.24, 2.45) is 23.3 Å². The van der Waals surface area contributed by atoms with Gasteiger partial charge in [-0.2, -0.15) is 0 Å². The van der Waals surface area contributed by atoms with E-state index in [0.29, 0.717) is 18.2 Å². The molecule has 244 valence electrons. The average molecular weight is 652 g/mol. The number of rotatable bonds is 12. The first kappa shape index (κ1) is 32.9. The number of primary amides is 1. The molecule has 1 aliphatic heterocycles. The summed E-state index contributed by atoms with van der Waals surface area (Å²) in [4.78, 5) is 61.3. The summed E-state index contributed by atoms with van der Waals surface area (Å²) in [5.74, 6) is -3.64. The van der Waals surface area contributed by atoms with Gasteiger partial charge in [-0.25, -0.2) is 22.9 Å². The number of aromatic nitrogens is 2. The zero-order chi connectivity index (χ0) is 33.3. The van der Waals surface area contributed by atoms with Gasteiger partial charge >= 0.3 is 6.09 Å². The highest BCUT2D eigenvalue weighted by molar-refractivity contribution is 7.89. The summed E-state index contributed by atoms with van der Waals surface area (Å²) in [6.07, 6.45) is 3.25. The van der Waals surface area contributed by atoms with Gasteiger partial charge < -0.3 is 21.9 Å². The Labute approximate surface area is 266 Å². The number of piperidine rings is 1. The van der Waals surface area contributed by atoms with Crippen LogP contribution in [0.1, 0.15) is 49.5 Å². The lowest BCUT2D eigenvalue weighted by atomic mass is 9.59. The predicted octanol–water partition coefficient (Wildman–Crippen LogP) is 1.41. The van der Waals surface area contributed by atoms with E-state index < -0.39 is 69.2 Å². The van der Waals surface area contributed by atoms with Crippen LogP contribution in [0.2, 0.25) is 0 Å². The largest absolute Gasteiger partial charge is 0.465 e.